The van der Waals surface area contributed by atoms with Crippen molar-refractivity contribution < 1.29 is 14.3 Å². The lowest BCUT2D eigenvalue weighted by atomic mass is 10.2. The largest absolute Gasteiger partial charge is 0.444 e. The highest BCUT2D eigenvalue weighted by Crippen LogP contribution is 2.23. The highest BCUT2D eigenvalue weighted by molar-refractivity contribution is 5.99. The fourth-order valence-corrected chi connectivity index (χ4v) is 2.56. The van der Waals surface area contributed by atoms with Gasteiger partial charge in [-0.15, -0.1) is 0 Å². The lowest BCUT2D eigenvalue weighted by molar-refractivity contribution is -0.111. The van der Waals surface area contributed by atoms with E-state index in [1.807, 2.05) is 18.2 Å². The molecule has 0 radical (unpaired) electrons. The van der Waals surface area contributed by atoms with E-state index in [2.05, 4.69) is 21.6 Å². The first-order valence-corrected chi connectivity index (χ1v) is 8.63. The third kappa shape index (κ3) is 6.87. The van der Waals surface area contributed by atoms with Gasteiger partial charge in [-0.1, -0.05) is 12.1 Å². The van der Waals surface area contributed by atoms with Crippen LogP contribution in [0.1, 0.15) is 33.6 Å². The van der Waals surface area contributed by atoms with Crippen molar-refractivity contribution in [2.75, 3.05) is 29.9 Å². The smallest absolute Gasteiger partial charge is 0.407 e. The lowest BCUT2D eigenvalue weighted by Gasteiger charge is -2.19. The SMILES string of the molecule is CC(C)(C)OC(=O)NC/C=C/C(=O)Nc1cccc(N2CCCC2)c1. The highest BCUT2D eigenvalue weighted by Gasteiger charge is 2.15. The molecule has 6 nitrogen and oxygen atoms in total. The zero-order valence-electron chi connectivity index (χ0n) is 15.2. The van der Waals surface area contributed by atoms with Crippen LogP contribution in [-0.4, -0.2) is 37.2 Å². The van der Waals surface area contributed by atoms with Crippen LogP contribution in [0.5, 0.6) is 0 Å². The second-order valence-corrected chi connectivity index (χ2v) is 7.02. The molecule has 1 aliphatic rings. The summed E-state index contributed by atoms with van der Waals surface area (Å²) in [5, 5.41) is 5.41. The molecule has 136 valence electrons. The summed E-state index contributed by atoms with van der Waals surface area (Å²) in [5.41, 5.74) is 1.36. The predicted octanol–water partition coefficient (Wildman–Crippen LogP) is 3.31. The third-order valence-electron chi connectivity index (χ3n) is 3.62. The minimum absolute atomic E-state index is 0.232. The second kappa shape index (κ2) is 8.55. The van der Waals surface area contributed by atoms with Crippen molar-refractivity contribution in [3.63, 3.8) is 0 Å². The number of nitrogens with zero attached hydrogens (tertiary/aromatic N) is 1. The normalized spacial score (nSPS) is 14.6. The fraction of sp³-hybridized carbons (Fsp3) is 0.474. The standard InChI is InChI=1S/C19H27N3O3/c1-19(2,3)25-18(24)20-11-7-10-17(23)21-15-8-6-9-16(14-15)22-12-4-5-13-22/h6-10,14H,4-5,11-13H2,1-3H3,(H,20,24)(H,21,23)/b10-7+. The van der Waals surface area contributed by atoms with E-state index in [1.54, 1.807) is 26.8 Å². The minimum Gasteiger partial charge on any atom is -0.444 e. The average molecular weight is 345 g/mol. The predicted molar refractivity (Wildman–Crippen MR) is 99.9 cm³/mol. The number of hydrogen-bond donors (Lipinski definition) is 2. The van der Waals surface area contributed by atoms with Gasteiger partial charge in [-0.3, -0.25) is 4.79 Å². The monoisotopic (exact) mass is 345 g/mol. The van der Waals surface area contributed by atoms with Crippen molar-refractivity contribution in [3.8, 4) is 0 Å². The fourth-order valence-electron chi connectivity index (χ4n) is 2.56. The summed E-state index contributed by atoms with van der Waals surface area (Å²) in [7, 11) is 0. The summed E-state index contributed by atoms with van der Waals surface area (Å²) in [6.45, 7) is 7.75. The molecule has 6 heteroatoms. The summed E-state index contributed by atoms with van der Waals surface area (Å²) in [6.07, 6.45) is 4.91. The van der Waals surface area contributed by atoms with Gasteiger partial charge in [-0.2, -0.15) is 0 Å². The van der Waals surface area contributed by atoms with E-state index in [-0.39, 0.29) is 12.5 Å². The minimum atomic E-state index is -0.536. The van der Waals surface area contributed by atoms with Crippen molar-refractivity contribution >= 4 is 23.4 Å². The van der Waals surface area contributed by atoms with Crippen LogP contribution < -0.4 is 15.5 Å². The molecule has 1 aliphatic heterocycles. The van der Waals surface area contributed by atoms with Gasteiger partial charge in [-0.05, 0) is 51.8 Å². The van der Waals surface area contributed by atoms with E-state index in [0.717, 1.165) is 24.5 Å². The van der Waals surface area contributed by atoms with Crippen molar-refractivity contribution in [3.05, 3.63) is 36.4 Å². The van der Waals surface area contributed by atoms with E-state index in [4.69, 9.17) is 4.74 Å². The number of benzene rings is 1. The molecule has 0 unspecified atom stereocenters. The molecule has 1 aromatic rings. The average Bonchev–Trinajstić information content (AvgIpc) is 3.04. The number of anilines is 2. The topological polar surface area (TPSA) is 70.7 Å². The number of hydrogen-bond acceptors (Lipinski definition) is 4. The van der Waals surface area contributed by atoms with Gasteiger partial charge >= 0.3 is 6.09 Å². The Hall–Kier alpha value is -2.50. The zero-order chi connectivity index (χ0) is 18.3. The maximum Gasteiger partial charge on any atom is 0.407 e. The van der Waals surface area contributed by atoms with Gasteiger partial charge in [0.1, 0.15) is 5.60 Å². The van der Waals surface area contributed by atoms with Crippen LogP contribution in [0.2, 0.25) is 0 Å². The van der Waals surface area contributed by atoms with E-state index < -0.39 is 11.7 Å². The number of carbonyl (C=O) groups excluding carboxylic acids is 2. The molecular weight excluding hydrogens is 318 g/mol. The summed E-state index contributed by atoms with van der Waals surface area (Å²) in [5.74, 6) is -0.232. The Morgan fingerprint density at radius 2 is 1.96 bits per heavy atom. The Kier molecular flexibility index (Phi) is 6.44. The summed E-state index contributed by atoms with van der Waals surface area (Å²) in [6, 6.07) is 7.85. The van der Waals surface area contributed by atoms with Crippen LogP contribution in [0.25, 0.3) is 0 Å². The number of rotatable bonds is 5. The first-order chi connectivity index (χ1) is 11.8. The molecule has 0 atom stereocenters. The van der Waals surface area contributed by atoms with E-state index >= 15 is 0 Å². The molecule has 2 rings (SSSR count). The molecule has 0 bridgehead atoms. The molecule has 0 saturated carbocycles. The van der Waals surface area contributed by atoms with Gasteiger partial charge in [0.15, 0.2) is 0 Å². The van der Waals surface area contributed by atoms with Crippen LogP contribution >= 0.6 is 0 Å². The van der Waals surface area contributed by atoms with E-state index in [0.29, 0.717) is 0 Å². The van der Waals surface area contributed by atoms with Crippen LogP contribution in [-0.2, 0) is 9.53 Å². The van der Waals surface area contributed by atoms with E-state index in [9.17, 15) is 9.59 Å². The molecule has 1 aromatic carbocycles. The molecule has 0 aliphatic carbocycles. The van der Waals surface area contributed by atoms with Gasteiger partial charge in [0.25, 0.3) is 0 Å². The Bertz CT molecular complexity index is 629. The van der Waals surface area contributed by atoms with Crippen molar-refractivity contribution in [2.45, 2.75) is 39.2 Å². The molecule has 25 heavy (non-hydrogen) atoms. The van der Waals surface area contributed by atoms with Crippen LogP contribution in [0, 0.1) is 0 Å². The van der Waals surface area contributed by atoms with Gasteiger partial charge in [0, 0.05) is 37.1 Å². The van der Waals surface area contributed by atoms with Crippen LogP contribution in [0.3, 0.4) is 0 Å². The van der Waals surface area contributed by atoms with Gasteiger partial charge in [-0.25, -0.2) is 4.79 Å². The molecular formula is C19H27N3O3. The first kappa shape index (κ1) is 18.8. The number of carbonyl (C=O) groups is 2. The Balaban J connectivity index is 1.78. The van der Waals surface area contributed by atoms with Crippen molar-refractivity contribution in [1.82, 2.24) is 5.32 Å². The Morgan fingerprint density at radius 1 is 1.24 bits per heavy atom. The molecule has 1 fully saturated rings. The lowest BCUT2D eigenvalue weighted by Crippen LogP contribution is -2.32. The van der Waals surface area contributed by atoms with Crippen molar-refractivity contribution in [2.24, 2.45) is 0 Å². The number of alkyl carbamates (subject to hydrolysis) is 1. The highest BCUT2D eigenvalue weighted by atomic mass is 16.6. The maximum atomic E-state index is 12.0. The van der Waals surface area contributed by atoms with Gasteiger partial charge < -0.3 is 20.3 Å². The third-order valence-corrected chi connectivity index (χ3v) is 3.62. The number of amides is 2. The number of nitrogens with one attached hydrogen (secondary N) is 2. The maximum absolute atomic E-state index is 12.0. The Morgan fingerprint density at radius 3 is 2.64 bits per heavy atom. The molecule has 1 heterocycles. The van der Waals surface area contributed by atoms with Gasteiger partial charge in [0.05, 0.1) is 0 Å². The van der Waals surface area contributed by atoms with Crippen LogP contribution in [0.4, 0.5) is 16.2 Å². The summed E-state index contributed by atoms with van der Waals surface area (Å²) < 4.78 is 5.11. The van der Waals surface area contributed by atoms with Crippen molar-refractivity contribution in [1.29, 1.82) is 0 Å². The molecule has 2 N–H and O–H groups in total. The zero-order valence-corrected chi connectivity index (χ0v) is 15.2. The first-order valence-electron chi connectivity index (χ1n) is 8.63. The van der Waals surface area contributed by atoms with Gasteiger partial charge in [0.2, 0.25) is 5.91 Å². The van der Waals surface area contributed by atoms with Crippen LogP contribution in [0.15, 0.2) is 36.4 Å². The molecule has 0 spiro atoms. The quantitative estimate of drug-likeness (QED) is 0.803. The Labute approximate surface area is 149 Å². The van der Waals surface area contributed by atoms with E-state index in [1.165, 1.54) is 18.9 Å². The second-order valence-electron chi connectivity index (χ2n) is 7.02. The molecule has 0 aromatic heterocycles. The summed E-state index contributed by atoms with van der Waals surface area (Å²) in [4.78, 5) is 25.8. The number of ether oxygens (including phenoxy) is 1. The molecule has 2 amide bonds. The molecule has 1 saturated heterocycles. The summed E-state index contributed by atoms with van der Waals surface area (Å²) >= 11 is 0.